The van der Waals surface area contributed by atoms with Crippen LogP contribution >= 0.6 is 0 Å². The number of carbonyl (C=O) groups is 2. The molecule has 0 heterocycles. The van der Waals surface area contributed by atoms with E-state index in [1.807, 2.05) is 0 Å². The molecule has 0 radical (unpaired) electrons. The summed E-state index contributed by atoms with van der Waals surface area (Å²) in [5.41, 5.74) is 0. The molecule has 0 aliphatic rings. The van der Waals surface area contributed by atoms with E-state index in [1.165, 1.54) is 186 Å². The number of hydrogen-bond acceptors (Lipinski definition) is 4. The van der Waals surface area contributed by atoms with Gasteiger partial charge in [0.2, 0.25) is 0 Å². The Balaban J connectivity index is 0. The minimum absolute atomic E-state index is 0.00172. The van der Waals surface area contributed by atoms with Gasteiger partial charge in [0.1, 0.15) is 6.10 Å². The zero-order chi connectivity index (χ0) is 37.7. The molecule has 0 spiro atoms. The van der Waals surface area contributed by atoms with E-state index in [4.69, 9.17) is 9.47 Å². The highest BCUT2D eigenvalue weighted by molar-refractivity contribution is 5.69. The van der Waals surface area contributed by atoms with Crippen LogP contribution in [0.4, 0.5) is 0 Å². The Hall–Kier alpha value is -1.06. The summed E-state index contributed by atoms with van der Waals surface area (Å²) in [5, 5.41) is 0. The van der Waals surface area contributed by atoms with Crippen molar-refractivity contribution in [3.8, 4) is 0 Å². The van der Waals surface area contributed by atoms with Gasteiger partial charge in [-0.3, -0.25) is 9.59 Å². The first kappa shape index (κ1) is 52.0. The van der Waals surface area contributed by atoms with Gasteiger partial charge in [0, 0.05) is 12.8 Å². The first-order chi connectivity index (χ1) is 25.0. The van der Waals surface area contributed by atoms with Crippen LogP contribution in [-0.2, 0) is 19.1 Å². The smallest absolute Gasteiger partial charge is 0.306 e. The maximum Gasteiger partial charge on any atom is 0.306 e. The van der Waals surface area contributed by atoms with Crippen LogP contribution in [0.25, 0.3) is 0 Å². The van der Waals surface area contributed by atoms with Crippen LogP contribution in [0.2, 0.25) is 0 Å². The fourth-order valence-corrected chi connectivity index (χ4v) is 6.71. The molecule has 0 N–H and O–H groups in total. The van der Waals surface area contributed by atoms with Crippen molar-refractivity contribution < 1.29 is 19.1 Å². The van der Waals surface area contributed by atoms with Gasteiger partial charge in [-0.25, -0.2) is 0 Å². The lowest BCUT2D eigenvalue weighted by atomic mass is 10.0. The SMILES string of the molecule is CCCCCCCCCCCCCCCCCC(=O)OC(CC)CCCC.CCCCCCCCCCCCCCCCCC(=O)OCCCC. The predicted molar refractivity (Wildman–Crippen MR) is 225 cm³/mol. The molecule has 0 saturated heterocycles. The normalized spacial score (nSPS) is 11.6. The zero-order valence-electron chi connectivity index (χ0n) is 35.8. The van der Waals surface area contributed by atoms with E-state index in [9.17, 15) is 9.59 Å². The van der Waals surface area contributed by atoms with Gasteiger partial charge in [0.25, 0.3) is 0 Å². The van der Waals surface area contributed by atoms with Crippen molar-refractivity contribution in [1.82, 2.24) is 0 Å². The van der Waals surface area contributed by atoms with Gasteiger partial charge in [-0.05, 0) is 32.1 Å². The molecule has 0 bridgehead atoms. The van der Waals surface area contributed by atoms with Gasteiger partial charge < -0.3 is 9.47 Å². The van der Waals surface area contributed by atoms with E-state index in [0.29, 0.717) is 19.4 Å². The van der Waals surface area contributed by atoms with Crippen LogP contribution in [0, 0.1) is 0 Å². The Bertz CT molecular complexity index is 663. The molecule has 0 fully saturated rings. The van der Waals surface area contributed by atoms with Gasteiger partial charge >= 0.3 is 11.9 Å². The van der Waals surface area contributed by atoms with Crippen molar-refractivity contribution in [2.24, 2.45) is 0 Å². The Morgan fingerprint density at radius 1 is 0.353 bits per heavy atom. The lowest BCUT2D eigenvalue weighted by Gasteiger charge is -2.15. The minimum atomic E-state index is -0.00172. The van der Waals surface area contributed by atoms with E-state index >= 15 is 0 Å². The van der Waals surface area contributed by atoms with E-state index in [0.717, 1.165) is 44.9 Å². The molecule has 0 aromatic carbocycles. The number of rotatable bonds is 40. The summed E-state index contributed by atoms with van der Waals surface area (Å²) >= 11 is 0. The molecule has 0 saturated carbocycles. The highest BCUT2D eigenvalue weighted by Crippen LogP contribution is 2.16. The van der Waals surface area contributed by atoms with Crippen LogP contribution in [0.15, 0.2) is 0 Å². The van der Waals surface area contributed by atoms with Crippen molar-refractivity contribution in [3.05, 3.63) is 0 Å². The van der Waals surface area contributed by atoms with Crippen molar-refractivity contribution in [2.75, 3.05) is 6.61 Å². The first-order valence-corrected chi connectivity index (χ1v) is 23.4. The van der Waals surface area contributed by atoms with Crippen molar-refractivity contribution >= 4 is 11.9 Å². The summed E-state index contributed by atoms with van der Waals surface area (Å²) in [4.78, 5) is 23.3. The number of unbranched alkanes of at least 4 members (excludes halogenated alkanes) is 30. The number of ether oxygens (including phenoxy) is 2. The average molecular weight is 723 g/mol. The molecule has 0 amide bonds. The van der Waals surface area contributed by atoms with Crippen LogP contribution < -0.4 is 0 Å². The highest BCUT2D eigenvalue weighted by Gasteiger charge is 2.11. The summed E-state index contributed by atoms with van der Waals surface area (Å²) in [5.74, 6) is 0.0193. The number of esters is 2. The summed E-state index contributed by atoms with van der Waals surface area (Å²) in [6, 6.07) is 0. The van der Waals surface area contributed by atoms with Crippen LogP contribution in [0.1, 0.15) is 279 Å². The quantitative estimate of drug-likeness (QED) is 0.0467. The molecule has 0 rings (SSSR count). The second-order valence-corrected chi connectivity index (χ2v) is 15.6. The molecule has 4 nitrogen and oxygen atoms in total. The summed E-state index contributed by atoms with van der Waals surface area (Å²) in [6.45, 7) is 11.6. The standard InChI is InChI=1S/C25H50O2.C22H44O2/c1-4-7-9-10-11-12-13-14-15-16-17-18-19-20-21-23-25(26)27-24(6-3)22-8-5-2;1-3-5-7-8-9-10-11-12-13-14-15-16-17-18-19-20-22(23)24-21-6-4-2/h24H,4-23H2,1-3H3;3-21H2,1-2H3. The molecule has 306 valence electrons. The molecule has 1 unspecified atom stereocenters. The molecule has 0 aromatic heterocycles. The molecular formula is C47H94O4. The van der Waals surface area contributed by atoms with Crippen molar-refractivity contribution in [1.29, 1.82) is 0 Å². The fraction of sp³-hybridized carbons (Fsp3) is 0.957. The average Bonchev–Trinajstić information content (AvgIpc) is 3.13. The lowest BCUT2D eigenvalue weighted by molar-refractivity contribution is -0.149. The minimum Gasteiger partial charge on any atom is -0.466 e. The molecule has 1 atom stereocenters. The Morgan fingerprint density at radius 2 is 0.647 bits per heavy atom. The Morgan fingerprint density at radius 3 is 0.961 bits per heavy atom. The van der Waals surface area contributed by atoms with E-state index < -0.39 is 0 Å². The summed E-state index contributed by atoms with van der Waals surface area (Å²) in [7, 11) is 0. The second-order valence-electron chi connectivity index (χ2n) is 15.6. The predicted octanol–water partition coefficient (Wildman–Crippen LogP) is 16.4. The van der Waals surface area contributed by atoms with E-state index in [1.54, 1.807) is 0 Å². The summed E-state index contributed by atoms with van der Waals surface area (Å²) in [6.07, 6.45) is 48.5. The molecular weight excluding hydrogens is 629 g/mol. The van der Waals surface area contributed by atoms with Crippen LogP contribution in [0.3, 0.4) is 0 Å². The number of hydrogen-bond donors (Lipinski definition) is 0. The Labute approximate surface area is 321 Å². The van der Waals surface area contributed by atoms with Crippen molar-refractivity contribution in [2.45, 2.75) is 285 Å². The highest BCUT2D eigenvalue weighted by atomic mass is 16.5. The van der Waals surface area contributed by atoms with E-state index in [-0.39, 0.29) is 18.0 Å². The summed E-state index contributed by atoms with van der Waals surface area (Å²) < 4.78 is 10.7. The maximum atomic E-state index is 11.9. The third kappa shape index (κ3) is 46.9. The molecule has 51 heavy (non-hydrogen) atoms. The topological polar surface area (TPSA) is 52.6 Å². The molecule has 4 heteroatoms. The number of carbonyl (C=O) groups excluding carboxylic acids is 2. The zero-order valence-corrected chi connectivity index (χ0v) is 35.8. The van der Waals surface area contributed by atoms with Gasteiger partial charge in [0.05, 0.1) is 6.61 Å². The maximum absolute atomic E-state index is 11.9. The lowest BCUT2D eigenvalue weighted by Crippen LogP contribution is -2.17. The third-order valence-electron chi connectivity index (χ3n) is 10.4. The monoisotopic (exact) mass is 723 g/mol. The van der Waals surface area contributed by atoms with Crippen molar-refractivity contribution in [3.63, 3.8) is 0 Å². The van der Waals surface area contributed by atoms with Gasteiger partial charge in [0.15, 0.2) is 0 Å². The van der Waals surface area contributed by atoms with Crippen LogP contribution in [-0.4, -0.2) is 24.6 Å². The molecule has 0 aliphatic carbocycles. The second kappa shape index (κ2) is 47.0. The molecule has 0 aliphatic heterocycles. The van der Waals surface area contributed by atoms with Gasteiger partial charge in [-0.1, -0.05) is 234 Å². The fourth-order valence-electron chi connectivity index (χ4n) is 6.71. The van der Waals surface area contributed by atoms with Gasteiger partial charge in [-0.2, -0.15) is 0 Å². The first-order valence-electron chi connectivity index (χ1n) is 23.4. The molecule has 0 aromatic rings. The largest absolute Gasteiger partial charge is 0.466 e. The van der Waals surface area contributed by atoms with Gasteiger partial charge in [-0.15, -0.1) is 0 Å². The van der Waals surface area contributed by atoms with E-state index in [2.05, 4.69) is 34.6 Å². The third-order valence-corrected chi connectivity index (χ3v) is 10.4. The Kier molecular flexibility index (Phi) is 47.9. The van der Waals surface area contributed by atoms with Crippen LogP contribution in [0.5, 0.6) is 0 Å².